The maximum atomic E-state index is 9.72. The van der Waals surface area contributed by atoms with E-state index < -0.39 is 0 Å². The summed E-state index contributed by atoms with van der Waals surface area (Å²) in [5, 5.41) is 9.72. The molecule has 0 saturated carbocycles. The fourth-order valence-corrected chi connectivity index (χ4v) is 4.15. The molecule has 0 radical (unpaired) electrons. The zero-order valence-electron chi connectivity index (χ0n) is 16.3. The van der Waals surface area contributed by atoms with Gasteiger partial charge >= 0.3 is 0 Å². The van der Waals surface area contributed by atoms with Crippen molar-refractivity contribution < 1.29 is 5.11 Å². The predicted octanol–water partition coefficient (Wildman–Crippen LogP) is 1.93. The SMILES string of the molecule is CN(C[C@H]1Cc2ccccc2CN1C)c1cc(N2CCC(O)CC2)ncn1. The third-order valence-electron chi connectivity index (χ3n) is 5.92. The summed E-state index contributed by atoms with van der Waals surface area (Å²) in [7, 11) is 4.32. The molecule has 4 rings (SSSR count). The Morgan fingerprint density at radius 2 is 1.89 bits per heavy atom. The number of benzene rings is 1. The van der Waals surface area contributed by atoms with Crippen LogP contribution in [0.15, 0.2) is 36.7 Å². The molecule has 0 aliphatic carbocycles. The van der Waals surface area contributed by atoms with Gasteiger partial charge in [0.1, 0.15) is 18.0 Å². The van der Waals surface area contributed by atoms with Gasteiger partial charge in [-0.15, -0.1) is 0 Å². The number of fused-ring (bicyclic) bond motifs is 1. The topological polar surface area (TPSA) is 55.7 Å². The van der Waals surface area contributed by atoms with E-state index in [1.165, 1.54) is 11.1 Å². The number of hydrogen-bond donors (Lipinski definition) is 1. The lowest BCUT2D eigenvalue weighted by atomic mass is 9.94. The van der Waals surface area contributed by atoms with Crippen LogP contribution in [0.4, 0.5) is 11.6 Å². The molecule has 1 aromatic heterocycles. The van der Waals surface area contributed by atoms with Gasteiger partial charge in [0.2, 0.25) is 0 Å². The second-order valence-corrected chi connectivity index (χ2v) is 7.87. The first-order chi connectivity index (χ1) is 13.1. The monoisotopic (exact) mass is 367 g/mol. The van der Waals surface area contributed by atoms with Gasteiger partial charge < -0.3 is 14.9 Å². The molecule has 2 aliphatic rings. The van der Waals surface area contributed by atoms with E-state index >= 15 is 0 Å². The number of rotatable bonds is 4. The molecular formula is C21H29N5O. The van der Waals surface area contributed by atoms with Gasteiger partial charge in [-0.1, -0.05) is 24.3 Å². The first kappa shape index (κ1) is 18.2. The van der Waals surface area contributed by atoms with E-state index in [0.717, 1.165) is 57.1 Å². The van der Waals surface area contributed by atoms with Gasteiger partial charge in [-0.2, -0.15) is 0 Å². The molecule has 1 saturated heterocycles. The zero-order valence-corrected chi connectivity index (χ0v) is 16.3. The van der Waals surface area contributed by atoms with Crippen molar-refractivity contribution in [2.75, 3.05) is 43.5 Å². The van der Waals surface area contributed by atoms with E-state index in [1.807, 2.05) is 0 Å². The van der Waals surface area contributed by atoms with Crippen LogP contribution in [-0.4, -0.2) is 65.8 Å². The summed E-state index contributed by atoms with van der Waals surface area (Å²) in [6, 6.07) is 11.3. The number of likely N-dealkylation sites (N-methyl/N-ethyl adjacent to an activating group) is 2. The van der Waals surface area contributed by atoms with Crippen LogP contribution >= 0.6 is 0 Å². The molecule has 0 bridgehead atoms. The Morgan fingerprint density at radius 3 is 2.67 bits per heavy atom. The third-order valence-corrected chi connectivity index (χ3v) is 5.92. The van der Waals surface area contributed by atoms with Crippen molar-refractivity contribution in [3.05, 3.63) is 47.8 Å². The second kappa shape index (κ2) is 7.82. The van der Waals surface area contributed by atoms with E-state index in [9.17, 15) is 5.11 Å². The van der Waals surface area contributed by atoms with Crippen molar-refractivity contribution in [3.8, 4) is 0 Å². The minimum Gasteiger partial charge on any atom is -0.393 e. The summed E-state index contributed by atoms with van der Waals surface area (Å²) < 4.78 is 0. The first-order valence-electron chi connectivity index (χ1n) is 9.83. The number of piperidine rings is 1. The molecule has 0 spiro atoms. The molecule has 0 amide bonds. The summed E-state index contributed by atoms with van der Waals surface area (Å²) in [5.41, 5.74) is 2.90. The molecule has 6 heteroatoms. The van der Waals surface area contributed by atoms with Crippen LogP contribution in [0.2, 0.25) is 0 Å². The van der Waals surface area contributed by atoms with Crippen LogP contribution in [0.3, 0.4) is 0 Å². The average Bonchev–Trinajstić information content (AvgIpc) is 2.69. The van der Waals surface area contributed by atoms with Crippen molar-refractivity contribution >= 4 is 11.6 Å². The smallest absolute Gasteiger partial charge is 0.134 e. The van der Waals surface area contributed by atoms with E-state index in [4.69, 9.17) is 0 Å². The highest BCUT2D eigenvalue weighted by Gasteiger charge is 2.25. The van der Waals surface area contributed by atoms with E-state index in [1.54, 1.807) is 6.33 Å². The third kappa shape index (κ3) is 4.06. The van der Waals surface area contributed by atoms with E-state index in [0.29, 0.717) is 6.04 Å². The molecule has 2 aromatic rings. The summed E-state index contributed by atoms with van der Waals surface area (Å²) in [6.45, 7) is 3.63. The lowest BCUT2D eigenvalue weighted by molar-refractivity contribution is 0.145. The minimum atomic E-state index is -0.171. The Labute approximate surface area is 161 Å². The molecule has 144 valence electrons. The molecule has 3 heterocycles. The molecular weight excluding hydrogens is 338 g/mol. The van der Waals surface area contributed by atoms with Gasteiger partial charge in [-0.25, -0.2) is 9.97 Å². The molecule has 0 unspecified atom stereocenters. The number of hydrogen-bond acceptors (Lipinski definition) is 6. The van der Waals surface area contributed by atoms with Crippen molar-refractivity contribution in [2.45, 2.75) is 38.0 Å². The molecule has 1 aromatic carbocycles. The van der Waals surface area contributed by atoms with Crippen LogP contribution in [0.1, 0.15) is 24.0 Å². The summed E-state index contributed by atoms with van der Waals surface area (Å²) >= 11 is 0. The van der Waals surface area contributed by atoms with Crippen molar-refractivity contribution in [1.29, 1.82) is 0 Å². The minimum absolute atomic E-state index is 0.171. The fraction of sp³-hybridized carbons (Fsp3) is 0.524. The summed E-state index contributed by atoms with van der Waals surface area (Å²) in [4.78, 5) is 15.9. The quantitative estimate of drug-likeness (QED) is 0.891. The number of aliphatic hydroxyl groups is 1. The Morgan fingerprint density at radius 1 is 1.15 bits per heavy atom. The van der Waals surface area contributed by atoms with Crippen molar-refractivity contribution in [3.63, 3.8) is 0 Å². The van der Waals surface area contributed by atoms with Gasteiger partial charge in [0, 0.05) is 45.3 Å². The molecule has 1 atom stereocenters. The maximum absolute atomic E-state index is 9.72. The number of nitrogens with zero attached hydrogens (tertiary/aromatic N) is 5. The number of aromatic nitrogens is 2. The Hall–Kier alpha value is -2.18. The van der Waals surface area contributed by atoms with Crippen molar-refractivity contribution in [1.82, 2.24) is 14.9 Å². The maximum Gasteiger partial charge on any atom is 0.134 e. The Bertz CT molecular complexity index is 775. The first-order valence-corrected chi connectivity index (χ1v) is 9.83. The summed E-state index contributed by atoms with van der Waals surface area (Å²) in [5.74, 6) is 1.92. The largest absolute Gasteiger partial charge is 0.393 e. The van der Waals surface area contributed by atoms with Crippen molar-refractivity contribution in [2.24, 2.45) is 0 Å². The standard InChI is InChI=1S/C21H29N5O/c1-24-13-17-6-4-3-5-16(17)11-18(24)14-25(2)20-12-21(23-15-22-20)26-9-7-19(27)8-10-26/h3-6,12,15,18-19,27H,7-11,13-14H2,1-2H3/t18-/m1/s1. The predicted molar refractivity (Wildman–Crippen MR) is 108 cm³/mol. The van der Waals surface area contributed by atoms with Gasteiger partial charge in [0.15, 0.2) is 0 Å². The Balaban J connectivity index is 1.44. The normalized spacial score (nSPS) is 21.1. The molecule has 27 heavy (non-hydrogen) atoms. The number of aliphatic hydroxyl groups excluding tert-OH is 1. The average molecular weight is 367 g/mol. The Kier molecular flexibility index (Phi) is 5.27. The van der Waals surface area contributed by atoms with Crippen LogP contribution in [-0.2, 0) is 13.0 Å². The zero-order chi connectivity index (χ0) is 18.8. The van der Waals surface area contributed by atoms with Gasteiger partial charge in [0.25, 0.3) is 0 Å². The fourth-order valence-electron chi connectivity index (χ4n) is 4.15. The van der Waals surface area contributed by atoms with Crippen LogP contribution < -0.4 is 9.80 Å². The molecule has 1 N–H and O–H groups in total. The van der Waals surface area contributed by atoms with Gasteiger partial charge in [0.05, 0.1) is 6.10 Å². The highest BCUT2D eigenvalue weighted by atomic mass is 16.3. The van der Waals surface area contributed by atoms with Crippen LogP contribution in [0.5, 0.6) is 0 Å². The van der Waals surface area contributed by atoms with E-state index in [-0.39, 0.29) is 6.10 Å². The van der Waals surface area contributed by atoms with Crippen LogP contribution in [0.25, 0.3) is 0 Å². The molecule has 1 fully saturated rings. The highest BCUT2D eigenvalue weighted by molar-refractivity contribution is 5.50. The summed E-state index contributed by atoms with van der Waals surface area (Å²) in [6.07, 6.45) is 4.17. The van der Waals surface area contributed by atoms with Crippen LogP contribution in [0, 0.1) is 0 Å². The molecule has 2 aliphatic heterocycles. The number of anilines is 2. The van der Waals surface area contributed by atoms with E-state index in [2.05, 4.69) is 69.1 Å². The van der Waals surface area contributed by atoms with Gasteiger partial charge in [-0.3, -0.25) is 4.90 Å². The lowest BCUT2D eigenvalue weighted by Crippen LogP contribution is -2.45. The van der Waals surface area contributed by atoms with Gasteiger partial charge in [-0.05, 0) is 37.4 Å². The lowest BCUT2D eigenvalue weighted by Gasteiger charge is -2.37. The second-order valence-electron chi connectivity index (χ2n) is 7.87. The molecule has 6 nitrogen and oxygen atoms in total. The highest BCUT2D eigenvalue weighted by Crippen LogP contribution is 2.25.